The molecule has 0 heterocycles. The number of ether oxygens (including phenoxy) is 3. The highest BCUT2D eigenvalue weighted by Crippen LogP contribution is 2.28. The Bertz CT molecular complexity index is 639. The van der Waals surface area contributed by atoms with E-state index in [-0.39, 0.29) is 24.6 Å². The first kappa shape index (κ1) is 24.2. The monoisotopic (exact) mass is 446 g/mol. The van der Waals surface area contributed by atoms with Crippen LogP contribution in [0.4, 0.5) is 0 Å². The molecule has 1 aromatic carbocycles. The van der Waals surface area contributed by atoms with E-state index in [1.807, 2.05) is 11.9 Å². The van der Waals surface area contributed by atoms with Gasteiger partial charge in [0.2, 0.25) is 0 Å². The number of methoxy groups -OCH3 is 2. The van der Waals surface area contributed by atoms with Gasteiger partial charge in [-0.3, -0.25) is 9.69 Å². The van der Waals surface area contributed by atoms with Crippen LogP contribution in [0.15, 0.2) is 18.2 Å². The van der Waals surface area contributed by atoms with Crippen molar-refractivity contribution in [3.05, 3.63) is 28.2 Å². The largest absolute Gasteiger partial charge is 0.484 e. The number of nitrogens with zero attached hydrogens (tertiary/aromatic N) is 2. The highest BCUT2D eigenvalue weighted by molar-refractivity contribution is 6.42. The number of hydrogen-bond donors (Lipinski definition) is 0. The molecule has 2 rings (SSSR count). The minimum atomic E-state index is -0.0496. The summed E-state index contributed by atoms with van der Waals surface area (Å²) in [7, 11) is 5.29. The number of carbonyl (C=O) groups excluding carboxylic acids is 1. The second-order valence-electron chi connectivity index (χ2n) is 7.31. The zero-order chi connectivity index (χ0) is 21.2. The zero-order valence-electron chi connectivity index (χ0n) is 17.5. The predicted molar refractivity (Wildman–Crippen MR) is 116 cm³/mol. The SMILES string of the molecule is COCCN(CCOC)C1CCCCC1N(C)C(=O)COc1ccc(Cl)c(Cl)c1. The van der Waals surface area contributed by atoms with Crippen molar-refractivity contribution >= 4 is 29.1 Å². The van der Waals surface area contributed by atoms with E-state index in [1.165, 1.54) is 6.42 Å². The molecule has 29 heavy (non-hydrogen) atoms. The average molecular weight is 447 g/mol. The first-order valence-corrected chi connectivity index (χ1v) is 10.8. The van der Waals surface area contributed by atoms with Crippen LogP contribution in [0, 0.1) is 0 Å². The number of rotatable bonds is 11. The maximum Gasteiger partial charge on any atom is 0.260 e. The van der Waals surface area contributed by atoms with Gasteiger partial charge in [-0.15, -0.1) is 0 Å². The topological polar surface area (TPSA) is 51.2 Å². The molecule has 1 fully saturated rings. The van der Waals surface area contributed by atoms with Crippen molar-refractivity contribution in [1.29, 1.82) is 0 Å². The summed E-state index contributed by atoms with van der Waals surface area (Å²) in [5, 5.41) is 0.865. The third kappa shape index (κ3) is 7.30. The predicted octanol–water partition coefficient (Wildman–Crippen LogP) is 3.74. The number of hydrogen-bond acceptors (Lipinski definition) is 5. The van der Waals surface area contributed by atoms with E-state index in [9.17, 15) is 4.79 Å². The van der Waals surface area contributed by atoms with Gasteiger partial charge in [0.1, 0.15) is 5.75 Å². The Hall–Kier alpha value is -1.05. The number of amides is 1. The van der Waals surface area contributed by atoms with E-state index in [0.717, 1.165) is 32.4 Å². The molecule has 1 saturated carbocycles. The van der Waals surface area contributed by atoms with E-state index in [0.29, 0.717) is 29.0 Å². The molecule has 1 amide bonds. The average Bonchev–Trinajstić information content (AvgIpc) is 2.74. The van der Waals surface area contributed by atoms with E-state index < -0.39 is 0 Å². The third-order valence-electron chi connectivity index (χ3n) is 5.47. The van der Waals surface area contributed by atoms with Crippen LogP contribution in [0.1, 0.15) is 25.7 Å². The molecule has 2 unspecified atom stereocenters. The second-order valence-corrected chi connectivity index (χ2v) is 8.12. The quantitative estimate of drug-likeness (QED) is 0.518. The zero-order valence-corrected chi connectivity index (χ0v) is 19.0. The first-order valence-electron chi connectivity index (χ1n) is 10.0. The van der Waals surface area contributed by atoms with Gasteiger partial charge in [0.15, 0.2) is 6.61 Å². The lowest BCUT2D eigenvalue weighted by molar-refractivity contribution is -0.136. The number of halogens is 2. The Balaban J connectivity index is 2.00. The van der Waals surface area contributed by atoms with Gasteiger partial charge in [-0.05, 0) is 25.0 Å². The van der Waals surface area contributed by atoms with Crippen molar-refractivity contribution in [3.63, 3.8) is 0 Å². The molecule has 0 aromatic heterocycles. The lowest BCUT2D eigenvalue weighted by atomic mass is 9.88. The van der Waals surface area contributed by atoms with Gasteiger partial charge >= 0.3 is 0 Å². The molecule has 0 bridgehead atoms. The van der Waals surface area contributed by atoms with Crippen LogP contribution < -0.4 is 4.74 Å². The highest BCUT2D eigenvalue weighted by atomic mass is 35.5. The van der Waals surface area contributed by atoms with E-state index in [1.54, 1.807) is 32.4 Å². The van der Waals surface area contributed by atoms with Crippen molar-refractivity contribution in [3.8, 4) is 5.75 Å². The fourth-order valence-corrected chi connectivity index (χ4v) is 4.12. The van der Waals surface area contributed by atoms with Gasteiger partial charge in [-0.2, -0.15) is 0 Å². The number of likely N-dealkylation sites (N-methyl/N-ethyl adjacent to an activating group) is 1. The smallest absolute Gasteiger partial charge is 0.260 e. The van der Waals surface area contributed by atoms with Crippen LogP contribution in [0.25, 0.3) is 0 Å². The van der Waals surface area contributed by atoms with Crippen molar-refractivity contribution in [1.82, 2.24) is 9.80 Å². The van der Waals surface area contributed by atoms with Crippen molar-refractivity contribution < 1.29 is 19.0 Å². The van der Waals surface area contributed by atoms with Crippen molar-refractivity contribution in [2.45, 2.75) is 37.8 Å². The molecule has 1 aromatic rings. The Morgan fingerprint density at radius 2 is 1.66 bits per heavy atom. The minimum Gasteiger partial charge on any atom is -0.484 e. The standard InChI is InChI=1S/C21H32Cl2N2O4/c1-24(21(26)15-29-16-8-9-17(22)18(23)14-16)19-6-4-5-7-20(19)25(10-12-27-2)11-13-28-3/h8-9,14,19-20H,4-7,10-13,15H2,1-3H3. The van der Waals surface area contributed by atoms with Gasteiger partial charge in [-0.1, -0.05) is 36.0 Å². The normalized spacial score (nSPS) is 19.4. The van der Waals surface area contributed by atoms with Gasteiger partial charge in [-0.25, -0.2) is 0 Å². The highest BCUT2D eigenvalue weighted by Gasteiger charge is 2.34. The molecule has 164 valence electrons. The molecular formula is C21H32Cl2N2O4. The molecule has 0 saturated heterocycles. The summed E-state index contributed by atoms with van der Waals surface area (Å²) in [5.74, 6) is 0.481. The van der Waals surface area contributed by atoms with Gasteiger partial charge < -0.3 is 19.1 Å². The molecule has 0 N–H and O–H groups in total. The van der Waals surface area contributed by atoms with Crippen molar-refractivity contribution in [2.75, 3.05) is 54.2 Å². The minimum absolute atomic E-state index is 0.0339. The van der Waals surface area contributed by atoms with Crippen LogP contribution in [0.3, 0.4) is 0 Å². The Morgan fingerprint density at radius 1 is 1.03 bits per heavy atom. The maximum atomic E-state index is 12.8. The van der Waals surface area contributed by atoms with E-state index >= 15 is 0 Å². The van der Waals surface area contributed by atoms with Gasteiger partial charge in [0.25, 0.3) is 5.91 Å². The van der Waals surface area contributed by atoms with Crippen molar-refractivity contribution in [2.24, 2.45) is 0 Å². The molecule has 0 aliphatic heterocycles. The Morgan fingerprint density at radius 3 is 2.24 bits per heavy atom. The molecule has 0 radical (unpaired) electrons. The van der Waals surface area contributed by atoms with E-state index in [4.69, 9.17) is 37.4 Å². The molecule has 2 atom stereocenters. The Labute approximate surface area is 184 Å². The number of benzene rings is 1. The van der Waals surface area contributed by atoms with E-state index in [2.05, 4.69) is 4.90 Å². The molecule has 0 spiro atoms. The first-order chi connectivity index (χ1) is 14.0. The summed E-state index contributed by atoms with van der Waals surface area (Å²) in [6, 6.07) is 5.42. The Kier molecular flexibility index (Phi) is 10.5. The van der Waals surface area contributed by atoms with Crippen LogP contribution >= 0.6 is 23.2 Å². The third-order valence-corrected chi connectivity index (χ3v) is 6.21. The summed E-state index contributed by atoms with van der Waals surface area (Å²) in [4.78, 5) is 17.1. The fraction of sp³-hybridized carbons (Fsp3) is 0.667. The summed E-state index contributed by atoms with van der Waals surface area (Å²) in [6.07, 6.45) is 4.33. The maximum absolute atomic E-state index is 12.8. The summed E-state index contributed by atoms with van der Waals surface area (Å²) >= 11 is 11.9. The lowest BCUT2D eigenvalue weighted by Crippen LogP contribution is -2.55. The van der Waals surface area contributed by atoms with Crippen LogP contribution in [-0.4, -0.2) is 82.0 Å². The van der Waals surface area contributed by atoms with Crippen LogP contribution in [0.2, 0.25) is 10.0 Å². The second kappa shape index (κ2) is 12.6. The molecule has 6 nitrogen and oxygen atoms in total. The summed E-state index contributed by atoms with van der Waals surface area (Å²) in [5.41, 5.74) is 0. The summed E-state index contributed by atoms with van der Waals surface area (Å²) in [6.45, 7) is 2.93. The number of carbonyl (C=O) groups is 1. The molecule has 8 heteroatoms. The fourth-order valence-electron chi connectivity index (χ4n) is 3.83. The van der Waals surface area contributed by atoms with Crippen LogP contribution in [-0.2, 0) is 14.3 Å². The summed E-state index contributed by atoms with van der Waals surface area (Å²) < 4.78 is 16.2. The molecule has 1 aliphatic carbocycles. The van der Waals surface area contributed by atoms with Gasteiger partial charge in [0, 0.05) is 52.5 Å². The lowest BCUT2D eigenvalue weighted by Gasteiger charge is -2.43. The molecular weight excluding hydrogens is 415 g/mol. The van der Waals surface area contributed by atoms with Gasteiger partial charge in [0.05, 0.1) is 23.3 Å². The van der Waals surface area contributed by atoms with Crippen LogP contribution in [0.5, 0.6) is 5.75 Å². The molecule has 1 aliphatic rings.